The summed E-state index contributed by atoms with van der Waals surface area (Å²) in [4.78, 5) is 0. The molecule has 0 saturated heterocycles. The summed E-state index contributed by atoms with van der Waals surface area (Å²) in [6.45, 7) is 0.883. The van der Waals surface area contributed by atoms with Crippen LogP contribution < -0.4 is 10.1 Å². The van der Waals surface area contributed by atoms with Gasteiger partial charge in [-0.15, -0.1) is 0 Å². The maximum absolute atomic E-state index is 6.23. The average Bonchev–Trinajstić information content (AvgIpc) is 2.89. The fourth-order valence-corrected chi connectivity index (χ4v) is 3.47. The van der Waals surface area contributed by atoms with E-state index in [1.165, 1.54) is 41.6 Å². The van der Waals surface area contributed by atoms with Gasteiger partial charge in [0.1, 0.15) is 11.9 Å². The zero-order valence-corrected chi connectivity index (χ0v) is 12.3. The molecular weight excluding hydrogens is 258 g/mol. The largest absolute Gasteiger partial charge is 0.489 e. The molecule has 0 saturated carbocycles. The molecule has 1 aliphatic heterocycles. The van der Waals surface area contributed by atoms with Crippen LogP contribution in [0.25, 0.3) is 0 Å². The van der Waals surface area contributed by atoms with Crippen molar-refractivity contribution in [2.45, 2.75) is 38.2 Å². The molecule has 2 nitrogen and oxygen atoms in total. The Bertz CT molecular complexity index is 623. The highest BCUT2D eigenvalue weighted by atomic mass is 16.5. The molecule has 1 unspecified atom stereocenters. The number of hydrogen-bond donors (Lipinski definition) is 1. The predicted molar refractivity (Wildman–Crippen MR) is 86.1 cm³/mol. The number of para-hydroxylation sites is 1. The molecular formula is C19H21NO. The van der Waals surface area contributed by atoms with Gasteiger partial charge in [-0.1, -0.05) is 24.3 Å². The Labute approximate surface area is 126 Å². The number of nitrogens with one attached hydrogen (secondary N) is 1. The van der Waals surface area contributed by atoms with Crippen LogP contribution in [0.15, 0.2) is 42.5 Å². The number of anilines is 1. The quantitative estimate of drug-likeness (QED) is 0.897. The Morgan fingerprint density at radius 1 is 0.905 bits per heavy atom. The van der Waals surface area contributed by atoms with Crippen LogP contribution in [0.1, 0.15) is 29.5 Å². The van der Waals surface area contributed by atoms with E-state index < -0.39 is 0 Å². The number of rotatable bonds is 2. The summed E-state index contributed by atoms with van der Waals surface area (Å²) in [5.41, 5.74) is 5.65. The summed E-state index contributed by atoms with van der Waals surface area (Å²) in [6, 6.07) is 15.2. The lowest BCUT2D eigenvalue weighted by Gasteiger charge is -2.18. The van der Waals surface area contributed by atoms with E-state index in [0.717, 1.165) is 25.1 Å². The smallest absolute Gasteiger partial charge is 0.120 e. The number of ether oxygens (including phenoxy) is 1. The Hall–Kier alpha value is -1.96. The standard InChI is InChI=1S/C19H21NO/c1-2-7-19-15(4-1)9-11-18(13-20-19)21-17-10-8-14-5-3-6-16(14)12-17/h1-2,4,7-8,10,12,18,20H,3,5-6,9,11,13H2. The Morgan fingerprint density at radius 3 is 2.81 bits per heavy atom. The van der Waals surface area contributed by atoms with Crippen LogP contribution >= 0.6 is 0 Å². The van der Waals surface area contributed by atoms with Gasteiger partial charge in [0.05, 0.1) is 6.54 Å². The van der Waals surface area contributed by atoms with Crippen LogP contribution in [0.5, 0.6) is 5.75 Å². The van der Waals surface area contributed by atoms with E-state index in [9.17, 15) is 0 Å². The first-order valence-corrected chi connectivity index (χ1v) is 7.99. The van der Waals surface area contributed by atoms with Gasteiger partial charge < -0.3 is 10.1 Å². The summed E-state index contributed by atoms with van der Waals surface area (Å²) in [5, 5.41) is 3.52. The molecule has 1 aliphatic carbocycles. The van der Waals surface area contributed by atoms with Gasteiger partial charge in [0.2, 0.25) is 0 Å². The van der Waals surface area contributed by atoms with Crippen molar-refractivity contribution in [3.05, 3.63) is 59.2 Å². The maximum Gasteiger partial charge on any atom is 0.120 e. The van der Waals surface area contributed by atoms with Crippen molar-refractivity contribution in [2.75, 3.05) is 11.9 Å². The SMILES string of the molecule is c1ccc2c(c1)CCC(Oc1ccc3c(c1)CCC3)CN2. The first-order chi connectivity index (χ1) is 10.4. The highest BCUT2D eigenvalue weighted by molar-refractivity contribution is 5.52. The van der Waals surface area contributed by atoms with Gasteiger partial charge in [-0.25, -0.2) is 0 Å². The topological polar surface area (TPSA) is 21.3 Å². The fraction of sp³-hybridized carbons (Fsp3) is 0.368. The van der Waals surface area contributed by atoms with Crippen LogP contribution in [-0.2, 0) is 19.3 Å². The predicted octanol–water partition coefficient (Wildman–Crippen LogP) is 3.98. The van der Waals surface area contributed by atoms with Crippen molar-refractivity contribution < 1.29 is 4.74 Å². The molecule has 1 heterocycles. The lowest BCUT2D eigenvalue weighted by molar-refractivity contribution is 0.206. The normalized spacial score (nSPS) is 20.1. The molecule has 0 amide bonds. The van der Waals surface area contributed by atoms with Crippen molar-refractivity contribution >= 4 is 5.69 Å². The van der Waals surface area contributed by atoms with Crippen molar-refractivity contribution in [1.82, 2.24) is 0 Å². The highest BCUT2D eigenvalue weighted by Gasteiger charge is 2.18. The van der Waals surface area contributed by atoms with Crippen LogP contribution in [0.3, 0.4) is 0 Å². The fourth-order valence-electron chi connectivity index (χ4n) is 3.47. The van der Waals surface area contributed by atoms with E-state index in [0.29, 0.717) is 0 Å². The minimum absolute atomic E-state index is 0.247. The van der Waals surface area contributed by atoms with Crippen molar-refractivity contribution in [3.63, 3.8) is 0 Å². The second kappa shape index (κ2) is 5.44. The van der Waals surface area contributed by atoms with Gasteiger partial charge >= 0.3 is 0 Å². The van der Waals surface area contributed by atoms with Gasteiger partial charge in [0, 0.05) is 5.69 Å². The van der Waals surface area contributed by atoms with E-state index >= 15 is 0 Å². The third-order valence-corrected chi connectivity index (χ3v) is 4.65. The Morgan fingerprint density at radius 2 is 1.81 bits per heavy atom. The van der Waals surface area contributed by atoms with Gasteiger partial charge in [-0.2, -0.15) is 0 Å². The second-order valence-electron chi connectivity index (χ2n) is 6.10. The van der Waals surface area contributed by atoms with Gasteiger partial charge in [0.25, 0.3) is 0 Å². The summed E-state index contributed by atoms with van der Waals surface area (Å²) in [5.74, 6) is 1.04. The zero-order valence-electron chi connectivity index (χ0n) is 12.3. The molecule has 4 rings (SSSR count). The first-order valence-electron chi connectivity index (χ1n) is 7.99. The maximum atomic E-state index is 6.23. The molecule has 2 aliphatic rings. The molecule has 1 N–H and O–H groups in total. The van der Waals surface area contributed by atoms with E-state index in [1.807, 2.05) is 0 Å². The lowest BCUT2D eigenvalue weighted by atomic mass is 10.1. The molecule has 2 aromatic rings. The number of benzene rings is 2. The van der Waals surface area contributed by atoms with E-state index in [1.54, 1.807) is 0 Å². The lowest BCUT2D eigenvalue weighted by Crippen LogP contribution is -2.24. The third kappa shape index (κ3) is 2.63. The van der Waals surface area contributed by atoms with Crippen LogP contribution in [0.4, 0.5) is 5.69 Å². The number of hydrogen-bond acceptors (Lipinski definition) is 2. The number of fused-ring (bicyclic) bond motifs is 2. The Kier molecular flexibility index (Phi) is 3.30. The highest BCUT2D eigenvalue weighted by Crippen LogP contribution is 2.28. The molecule has 2 aromatic carbocycles. The third-order valence-electron chi connectivity index (χ3n) is 4.65. The van der Waals surface area contributed by atoms with Crippen LogP contribution in [0.2, 0.25) is 0 Å². The minimum Gasteiger partial charge on any atom is -0.489 e. The molecule has 0 aromatic heterocycles. The van der Waals surface area contributed by atoms with Crippen LogP contribution in [-0.4, -0.2) is 12.6 Å². The summed E-state index contributed by atoms with van der Waals surface area (Å²) < 4.78 is 6.23. The van der Waals surface area contributed by atoms with E-state index in [4.69, 9.17) is 4.74 Å². The molecule has 108 valence electrons. The van der Waals surface area contributed by atoms with E-state index in [-0.39, 0.29) is 6.10 Å². The van der Waals surface area contributed by atoms with Crippen molar-refractivity contribution in [1.29, 1.82) is 0 Å². The van der Waals surface area contributed by atoms with Gasteiger partial charge in [0.15, 0.2) is 0 Å². The molecule has 0 bridgehead atoms. The summed E-state index contributed by atoms with van der Waals surface area (Å²) in [7, 11) is 0. The summed E-state index contributed by atoms with van der Waals surface area (Å²) in [6.07, 6.45) is 6.13. The monoisotopic (exact) mass is 279 g/mol. The average molecular weight is 279 g/mol. The molecule has 21 heavy (non-hydrogen) atoms. The molecule has 0 spiro atoms. The molecule has 2 heteroatoms. The van der Waals surface area contributed by atoms with Gasteiger partial charge in [-0.05, 0) is 67.0 Å². The van der Waals surface area contributed by atoms with Crippen molar-refractivity contribution in [3.8, 4) is 5.75 Å². The van der Waals surface area contributed by atoms with E-state index in [2.05, 4.69) is 47.8 Å². The minimum atomic E-state index is 0.247. The first kappa shape index (κ1) is 12.8. The molecule has 1 atom stereocenters. The summed E-state index contributed by atoms with van der Waals surface area (Å²) >= 11 is 0. The zero-order chi connectivity index (χ0) is 14.1. The molecule has 0 radical (unpaired) electrons. The Balaban J connectivity index is 1.46. The van der Waals surface area contributed by atoms with Gasteiger partial charge in [-0.3, -0.25) is 0 Å². The van der Waals surface area contributed by atoms with Crippen LogP contribution in [0, 0.1) is 0 Å². The number of aryl methyl sites for hydroxylation is 3. The second-order valence-corrected chi connectivity index (χ2v) is 6.10. The van der Waals surface area contributed by atoms with Crippen molar-refractivity contribution in [2.24, 2.45) is 0 Å². The molecule has 0 fully saturated rings.